The third-order valence-electron chi connectivity index (χ3n) is 3.66. The van der Waals surface area contributed by atoms with Gasteiger partial charge in [0.2, 0.25) is 15.9 Å². The van der Waals surface area contributed by atoms with Gasteiger partial charge in [-0.2, -0.15) is 4.31 Å². The molecule has 1 saturated heterocycles. The molecular weight excluding hydrogens is 292 g/mol. The Labute approximate surface area is 124 Å². The number of carbonyl (C=O) groups is 1. The van der Waals surface area contributed by atoms with E-state index in [1.807, 2.05) is 0 Å². The van der Waals surface area contributed by atoms with Gasteiger partial charge >= 0.3 is 0 Å². The highest BCUT2D eigenvalue weighted by atomic mass is 32.2. The van der Waals surface area contributed by atoms with Crippen molar-refractivity contribution in [3.63, 3.8) is 0 Å². The summed E-state index contributed by atoms with van der Waals surface area (Å²) >= 11 is 0. The molecule has 0 aromatic heterocycles. The minimum atomic E-state index is -3.68. The Morgan fingerprint density at radius 1 is 1.24 bits per heavy atom. The molecule has 1 aromatic carbocycles. The van der Waals surface area contributed by atoms with Gasteiger partial charge < -0.3 is 10.1 Å². The van der Waals surface area contributed by atoms with E-state index in [1.165, 1.54) is 4.31 Å². The molecule has 0 radical (unpaired) electrons. The maximum Gasteiger partial charge on any atom is 0.243 e. The van der Waals surface area contributed by atoms with Gasteiger partial charge in [0.25, 0.3) is 0 Å². The van der Waals surface area contributed by atoms with Crippen LogP contribution in [0, 0.1) is 0 Å². The smallest absolute Gasteiger partial charge is 0.243 e. The van der Waals surface area contributed by atoms with E-state index in [4.69, 9.17) is 4.74 Å². The van der Waals surface area contributed by atoms with Crippen molar-refractivity contribution in [2.75, 3.05) is 19.8 Å². The molecule has 2 aliphatic rings. The predicted octanol–water partition coefficient (Wildman–Crippen LogP) is 0.355. The maximum absolute atomic E-state index is 12.7. The van der Waals surface area contributed by atoms with Crippen LogP contribution in [0.15, 0.2) is 35.2 Å². The van der Waals surface area contributed by atoms with E-state index >= 15 is 0 Å². The monoisotopic (exact) mass is 310 g/mol. The van der Waals surface area contributed by atoms with Gasteiger partial charge in [0.05, 0.1) is 18.1 Å². The summed E-state index contributed by atoms with van der Waals surface area (Å²) in [6.07, 6.45) is 1.93. The molecule has 1 heterocycles. The number of nitrogens with one attached hydrogen (secondary N) is 1. The highest BCUT2D eigenvalue weighted by Crippen LogP contribution is 2.23. The minimum absolute atomic E-state index is 0.102. The van der Waals surface area contributed by atoms with Crippen molar-refractivity contribution in [2.24, 2.45) is 0 Å². The summed E-state index contributed by atoms with van der Waals surface area (Å²) in [7, 11) is -3.68. The molecule has 1 aliphatic carbocycles. The molecule has 1 unspecified atom stereocenters. The number of amides is 1. The lowest BCUT2D eigenvalue weighted by Crippen LogP contribution is -2.56. The average molecular weight is 310 g/mol. The summed E-state index contributed by atoms with van der Waals surface area (Å²) in [5.41, 5.74) is 0. The Kier molecular flexibility index (Phi) is 3.97. The highest BCUT2D eigenvalue weighted by Gasteiger charge is 2.39. The maximum atomic E-state index is 12.7. The zero-order chi connectivity index (χ0) is 14.9. The van der Waals surface area contributed by atoms with Gasteiger partial charge in [-0.05, 0) is 25.0 Å². The minimum Gasteiger partial charge on any atom is -0.378 e. The van der Waals surface area contributed by atoms with Crippen molar-refractivity contribution in [2.45, 2.75) is 29.8 Å². The van der Waals surface area contributed by atoms with Crippen molar-refractivity contribution in [1.82, 2.24) is 9.62 Å². The van der Waals surface area contributed by atoms with Crippen molar-refractivity contribution in [3.05, 3.63) is 30.3 Å². The molecule has 2 fully saturated rings. The summed E-state index contributed by atoms with van der Waals surface area (Å²) in [4.78, 5) is 12.4. The average Bonchev–Trinajstić information content (AvgIpc) is 3.32. The van der Waals surface area contributed by atoms with Crippen LogP contribution in [-0.2, 0) is 19.6 Å². The fraction of sp³-hybridized carbons (Fsp3) is 0.500. The summed E-state index contributed by atoms with van der Waals surface area (Å²) in [5, 5.41) is 2.85. The number of rotatable bonds is 4. The van der Waals surface area contributed by atoms with E-state index < -0.39 is 16.1 Å². The van der Waals surface area contributed by atoms with Crippen LogP contribution in [0.2, 0.25) is 0 Å². The Balaban J connectivity index is 1.84. The summed E-state index contributed by atoms with van der Waals surface area (Å²) in [6, 6.07) is 7.60. The van der Waals surface area contributed by atoms with E-state index in [9.17, 15) is 13.2 Å². The molecule has 1 aromatic rings. The lowest BCUT2D eigenvalue weighted by Gasteiger charge is -2.33. The van der Waals surface area contributed by atoms with Crippen LogP contribution in [0.25, 0.3) is 0 Å². The number of hydrogen-bond donors (Lipinski definition) is 1. The molecule has 0 bridgehead atoms. The third-order valence-corrected chi connectivity index (χ3v) is 5.58. The van der Waals surface area contributed by atoms with Gasteiger partial charge in [-0.3, -0.25) is 4.79 Å². The first kappa shape index (κ1) is 14.5. The van der Waals surface area contributed by atoms with Gasteiger partial charge in [0.1, 0.15) is 6.04 Å². The van der Waals surface area contributed by atoms with Crippen LogP contribution in [0.4, 0.5) is 0 Å². The second kappa shape index (κ2) is 5.75. The number of carbonyl (C=O) groups excluding carboxylic acids is 1. The van der Waals surface area contributed by atoms with Crippen LogP contribution in [0.1, 0.15) is 12.8 Å². The molecule has 0 spiro atoms. The quantitative estimate of drug-likeness (QED) is 0.871. The Morgan fingerprint density at radius 3 is 2.62 bits per heavy atom. The summed E-state index contributed by atoms with van der Waals surface area (Å²) < 4.78 is 31.9. The van der Waals surface area contributed by atoms with Crippen LogP contribution >= 0.6 is 0 Å². The van der Waals surface area contributed by atoms with E-state index in [2.05, 4.69) is 5.32 Å². The van der Waals surface area contributed by atoms with Crippen LogP contribution in [-0.4, -0.2) is 50.5 Å². The second-order valence-corrected chi connectivity index (χ2v) is 7.19. The topological polar surface area (TPSA) is 75.7 Å². The normalized spacial score (nSPS) is 23.7. The van der Waals surface area contributed by atoms with E-state index in [0.29, 0.717) is 6.61 Å². The molecule has 114 valence electrons. The SMILES string of the molecule is O=C(NC1CC1)C1COCCN1S(=O)(=O)c1ccccc1. The van der Waals surface area contributed by atoms with Crippen molar-refractivity contribution < 1.29 is 17.9 Å². The first-order chi connectivity index (χ1) is 10.1. The number of ether oxygens (including phenoxy) is 1. The Morgan fingerprint density at radius 2 is 1.95 bits per heavy atom. The second-order valence-electron chi connectivity index (χ2n) is 5.30. The first-order valence-electron chi connectivity index (χ1n) is 7.04. The van der Waals surface area contributed by atoms with E-state index in [0.717, 1.165) is 12.8 Å². The molecule has 1 aliphatic heterocycles. The molecule has 1 amide bonds. The molecule has 1 atom stereocenters. The number of morpholine rings is 1. The van der Waals surface area contributed by atoms with Crippen molar-refractivity contribution >= 4 is 15.9 Å². The van der Waals surface area contributed by atoms with Crippen LogP contribution in [0.5, 0.6) is 0 Å². The zero-order valence-corrected chi connectivity index (χ0v) is 12.4. The van der Waals surface area contributed by atoms with Crippen LogP contribution < -0.4 is 5.32 Å². The predicted molar refractivity (Wildman–Crippen MR) is 76.1 cm³/mol. The van der Waals surface area contributed by atoms with Crippen LogP contribution in [0.3, 0.4) is 0 Å². The van der Waals surface area contributed by atoms with E-state index in [1.54, 1.807) is 30.3 Å². The number of hydrogen-bond acceptors (Lipinski definition) is 4. The number of nitrogens with zero attached hydrogens (tertiary/aromatic N) is 1. The van der Waals surface area contributed by atoms with Crippen molar-refractivity contribution in [3.8, 4) is 0 Å². The Bertz CT molecular complexity index is 613. The summed E-state index contributed by atoms with van der Waals surface area (Å²) in [5.74, 6) is -0.267. The summed E-state index contributed by atoms with van der Waals surface area (Å²) in [6.45, 7) is 0.601. The largest absolute Gasteiger partial charge is 0.378 e. The third kappa shape index (κ3) is 3.09. The molecule has 6 nitrogen and oxygen atoms in total. The lowest BCUT2D eigenvalue weighted by atomic mass is 10.2. The van der Waals surface area contributed by atoms with E-state index in [-0.39, 0.29) is 30.0 Å². The van der Waals surface area contributed by atoms with Gasteiger partial charge in [0, 0.05) is 12.6 Å². The molecule has 1 N–H and O–H groups in total. The van der Waals surface area contributed by atoms with Gasteiger partial charge in [-0.25, -0.2) is 8.42 Å². The zero-order valence-electron chi connectivity index (χ0n) is 11.6. The molecule has 3 rings (SSSR count). The van der Waals surface area contributed by atoms with Gasteiger partial charge in [-0.15, -0.1) is 0 Å². The van der Waals surface area contributed by atoms with Gasteiger partial charge in [0.15, 0.2) is 0 Å². The number of sulfonamides is 1. The molecule has 7 heteroatoms. The molecule has 21 heavy (non-hydrogen) atoms. The van der Waals surface area contributed by atoms with Gasteiger partial charge in [-0.1, -0.05) is 18.2 Å². The fourth-order valence-electron chi connectivity index (χ4n) is 2.34. The lowest BCUT2D eigenvalue weighted by molar-refractivity contribution is -0.129. The standard InChI is InChI=1S/C14H18N2O4S/c17-14(15-11-6-7-11)13-10-20-9-8-16(13)21(18,19)12-4-2-1-3-5-12/h1-5,11,13H,6-10H2,(H,15,17). The van der Waals surface area contributed by atoms with Crippen molar-refractivity contribution in [1.29, 1.82) is 0 Å². The highest BCUT2D eigenvalue weighted by molar-refractivity contribution is 7.89. The Hall–Kier alpha value is -1.44. The molecular formula is C14H18N2O4S. The number of benzene rings is 1. The first-order valence-corrected chi connectivity index (χ1v) is 8.48. The fourth-order valence-corrected chi connectivity index (χ4v) is 3.91. The molecule has 1 saturated carbocycles.